The quantitative estimate of drug-likeness (QED) is 0.327. The van der Waals surface area contributed by atoms with E-state index in [-0.39, 0.29) is 29.6 Å². The number of imidazole rings is 1. The van der Waals surface area contributed by atoms with Crippen LogP contribution in [-0.4, -0.2) is 86.1 Å². The highest BCUT2D eigenvalue weighted by Crippen LogP contribution is 2.41. The minimum absolute atomic E-state index is 0.0357. The fraction of sp³-hybridized carbons (Fsp3) is 0.571. The van der Waals surface area contributed by atoms with Crippen LogP contribution in [0.4, 0.5) is 21.8 Å². The van der Waals surface area contributed by atoms with Crippen LogP contribution >= 0.6 is 0 Å². The van der Waals surface area contributed by atoms with Gasteiger partial charge in [-0.2, -0.15) is 10.2 Å². The molecule has 0 radical (unpaired) electrons. The summed E-state index contributed by atoms with van der Waals surface area (Å²) in [6, 6.07) is 7.39. The van der Waals surface area contributed by atoms with Crippen molar-refractivity contribution >= 4 is 23.4 Å². The van der Waals surface area contributed by atoms with E-state index in [0.29, 0.717) is 29.2 Å². The van der Waals surface area contributed by atoms with Crippen molar-refractivity contribution in [1.82, 2.24) is 34.6 Å². The number of amides is 1. The van der Waals surface area contributed by atoms with Crippen molar-refractivity contribution < 1.29 is 9.18 Å². The van der Waals surface area contributed by atoms with Crippen molar-refractivity contribution in [1.29, 1.82) is 5.26 Å². The smallest absolute Gasteiger partial charge is 0.254 e. The minimum atomic E-state index is -0.592. The molecule has 12 heteroatoms. The first-order valence-electron chi connectivity index (χ1n) is 17.3. The van der Waals surface area contributed by atoms with Gasteiger partial charge in [0.1, 0.15) is 23.9 Å². The minimum Gasteiger partial charge on any atom is -0.349 e. The molecule has 1 atom stereocenters. The summed E-state index contributed by atoms with van der Waals surface area (Å²) >= 11 is 0. The number of carbonyl (C=O) groups is 1. The molecule has 248 valence electrons. The first-order valence-corrected chi connectivity index (χ1v) is 17.3. The number of fused-ring (bicyclic) bond motifs is 3. The van der Waals surface area contributed by atoms with E-state index in [2.05, 4.69) is 62.1 Å². The van der Waals surface area contributed by atoms with Crippen LogP contribution in [-0.2, 0) is 0 Å². The van der Waals surface area contributed by atoms with Gasteiger partial charge in [-0.3, -0.25) is 14.3 Å². The maximum Gasteiger partial charge on any atom is 0.254 e. The monoisotopic (exact) mass is 640 g/mol. The summed E-state index contributed by atoms with van der Waals surface area (Å²) in [7, 11) is 0. The molecule has 3 fully saturated rings. The number of aromatic nitrogens is 4. The van der Waals surface area contributed by atoms with Gasteiger partial charge in [-0.15, -0.1) is 0 Å². The van der Waals surface area contributed by atoms with Crippen molar-refractivity contribution in [3.8, 4) is 11.8 Å². The molecule has 11 nitrogen and oxygen atoms in total. The van der Waals surface area contributed by atoms with Gasteiger partial charge in [0, 0.05) is 56.5 Å². The number of halogens is 1. The summed E-state index contributed by atoms with van der Waals surface area (Å²) in [5, 5.41) is 15.9. The highest BCUT2D eigenvalue weighted by atomic mass is 19.1. The van der Waals surface area contributed by atoms with Crippen LogP contribution in [0.1, 0.15) is 93.5 Å². The highest BCUT2D eigenvalue weighted by molar-refractivity contribution is 5.95. The predicted octanol–water partition coefficient (Wildman–Crippen LogP) is 5.16. The molecule has 47 heavy (non-hydrogen) atoms. The summed E-state index contributed by atoms with van der Waals surface area (Å²) in [6.07, 6.45) is 10.9. The number of nitriles is 1. The van der Waals surface area contributed by atoms with E-state index >= 15 is 4.39 Å². The lowest BCUT2D eigenvalue weighted by atomic mass is 9.89. The second kappa shape index (κ2) is 13.2. The molecule has 1 amide bonds. The summed E-state index contributed by atoms with van der Waals surface area (Å²) < 4.78 is 17.2. The maximum absolute atomic E-state index is 15.3. The van der Waals surface area contributed by atoms with Crippen molar-refractivity contribution in [2.75, 3.05) is 42.9 Å². The molecule has 1 unspecified atom stereocenters. The van der Waals surface area contributed by atoms with E-state index in [1.807, 2.05) is 4.57 Å². The highest BCUT2D eigenvalue weighted by Gasteiger charge is 2.36. The average molecular weight is 641 g/mol. The Morgan fingerprint density at radius 2 is 1.85 bits per heavy atom. The molecule has 4 aliphatic rings. The SMILES string of the molecule is CCC1c2c(C#N)ncn2-c2cnc(Nc3ccc(C(=O)NC4CCC(N5CCN(CC6CC6)CC5)CC4)c(F)c3)nc2N1C(C)C. The number of benzene rings is 1. The van der Waals surface area contributed by atoms with E-state index in [0.717, 1.165) is 62.5 Å². The van der Waals surface area contributed by atoms with E-state index in [1.165, 1.54) is 44.6 Å². The Kier molecular flexibility index (Phi) is 8.85. The molecule has 2 saturated carbocycles. The lowest BCUT2D eigenvalue weighted by molar-refractivity contribution is 0.0693. The van der Waals surface area contributed by atoms with Gasteiger partial charge >= 0.3 is 0 Å². The number of hydrogen-bond donors (Lipinski definition) is 2. The second-order valence-electron chi connectivity index (χ2n) is 13.9. The standard InChI is InChI=1S/C35H45FN10O/c1-4-30-32-29(18-37)39-21-45(32)31-19-38-35(42-33(31)46(30)22(2)3)41-25-9-12-27(28(36)17-25)34(47)40-24-7-10-26(11-8-24)44-15-13-43(14-16-44)20-23-5-6-23/h9,12,17,19,21-24,26,30H,4-8,10-11,13-16,20H2,1-3H3,(H,40,47)(H,38,41,42). The van der Waals surface area contributed by atoms with Gasteiger partial charge in [0.05, 0.1) is 23.5 Å². The molecule has 2 aromatic heterocycles. The number of nitrogens with zero attached hydrogens (tertiary/aromatic N) is 8. The first-order chi connectivity index (χ1) is 22.8. The molecule has 0 bridgehead atoms. The maximum atomic E-state index is 15.3. The lowest BCUT2D eigenvalue weighted by Gasteiger charge is -2.42. The van der Waals surface area contributed by atoms with Gasteiger partial charge < -0.3 is 20.4 Å². The first kappa shape index (κ1) is 31.5. The van der Waals surface area contributed by atoms with E-state index < -0.39 is 5.82 Å². The van der Waals surface area contributed by atoms with Crippen LogP contribution in [0, 0.1) is 23.1 Å². The van der Waals surface area contributed by atoms with E-state index in [9.17, 15) is 10.1 Å². The molecule has 7 rings (SSSR count). The molecule has 0 spiro atoms. The molecule has 2 aliphatic heterocycles. The largest absolute Gasteiger partial charge is 0.349 e. The van der Waals surface area contributed by atoms with Gasteiger partial charge in [0.2, 0.25) is 5.95 Å². The van der Waals surface area contributed by atoms with Gasteiger partial charge in [-0.05, 0) is 82.9 Å². The van der Waals surface area contributed by atoms with Crippen molar-refractivity contribution in [2.45, 2.75) is 89.9 Å². The Morgan fingerprint density at radius 1 is 1.09 bits per heavy atom. The van der Waals surface area contributed by atoms with Gasteiger partial charge in [-0.25, -0.2) is 14.4 Å². The Hall–Kier alpha value is -4.08. The van der Waals surface area contributed by atoms with Crippen LogP contribution in [0.15, 0.2) is 30.7 Å². The zero-order valence-electron chi connectivity index (χ0n) is 27.6. The molecule has 1 saturated heterocycles. The fourth-order valence-corrected chi connectivity index (χ4v) is 7.75. The van der Waals surface area contributed by atoms with Gasteiger partial charge in [0.15, 0.2) is 11.5 Å². The fourth-order valence-electron chi connectivity index (χ4n) is 7.75. The second-order valence-corrected chi connectivity index (χ2v) is 13.9. The number of hydrogen-bond acceptors (Lipinski definition) is 9. The zero-order chi connectivity index (χ0) is 32.7. The molecule has 4 heterocycles. The van der Waals surface area contributed by atoms with Gasteiger partial charge in [0.25, 0.3) is 5.91 Å². The van der Waals surface area contributed by atoms with E-state index in [1.54, 1.807) is 18.6 Å². The number of piperazine rings is 1. The van der Waals surface area contributed by atoms with E-state index in [4.69, 9.17) is 4.98 Å². The van der Waals surface area contributed by atoms with Gasteiger partial charge in [-0.1, -0.05) is 6.92 Å². The molecule has 2 aliphatic carbocycles. The number of nitrogens with one attached hydrogen (secondary N) is 2. The normalized spacial score (nSPS) is 23.2. The molecular weight excluding hydrogens is 595 g/mol. The zero-order valence-corrected chi connectivity index (χ0v) is 27.6. The van der Waals surface area contributed by atoms with Crippen molar-refractivity contribution in [3.05, 3.63) is 53.5 Å². The van der Waals surface area contributed by atoms with Crippen LogP contribution in [0.3, 0.4) is 0 Å². The van der Waals surface area contributed by atoms with Crippen molar-refractivity contribution in [3.63, 3.8) is 0 Å². The lowest BCUT2D eigenvalue weighted by Crippen LogP contribution is -2.52. The predicted molar refractivity (Wildman–Crippen MR) is 178 cm³/mol. The Labute approximate surface area is 276 Å². The van der Waals surface area contributed by atoms with Crippen LogP contribution in [0.2, 0.25) is 0 Å². The Morgan fingerprint density at radius 3 is 2.51 bits per heavy atom. The summed E-state index contributed by atoms with van der Waals surface area (Å²) in [6.45, 7) is 12.1. The number of anilines is 3. The Bertz CT molecular complexity index is 1650. The van der Waals surface area contributed by atoms with Crippen LogP contribution in [0.25, 0.3) is 5.69 Å². The van der Waals surface area contributed by atoms with Crippen LogP contribution in [0.5, 0.6) is 0 Å². The topological polar surface area (TPSA) is 118 Å². The van der Waals surface area contributed by atoms with Crippen molar-refractivity contribution in [2.24, 2.45) is 5.92 Å². The third kappa shape index (κ3) is 6.43. The molecule has 2 N–H and O–H groups in total. The average Bonchev–Trinajstić information content (AvgIpc) is 3.79. The summed E-state index contributed by atoms with van der Waals surface area (Å²) in [5.74, 6) is 0.999. The molecular formula is C35H45FN10O. The molecule has 1 aromatic carbocycles. The van der Waals surface area contributed by atoms with Crippen LogP contribution < -0.4 is 15.5 Å². The number of carbonyl (C=O) groups excluding carboxylic acids is 1. The number of rotatable bonds is 9. The summed E-state index contributed by atoms with van der Waals surface area (Å²) in [4.78, 5) is 34.2. The third-order valence-corrected chi connectivity index (χ3v) is 10.4. The Balaban J connectivity index is 0.973. The molecule has 3 aromatic rings. The summed E-state index contributed by atoms with van der Waals surface area (Å²) in [5.41, 5.74) is 2.45. The third-order valence-electron chi connectivity index (χ3n) is 10.4.